The van der Waals surface area contributed by atoms with Crippen LogP contribution in [0.3, 0.4) is 0 Å². The van der Waals surface area contributed by atoms with E-state index in [1.807, 2.05) is 6.07 Å². The van der Waals surface area contributed by atoms with Crippen LogP contribution in [0.4, 0.5) is 0 Å². The van der Waals surface area contributed by atoms with Gasteiger partial charge in [0.25, 0.3) is 0 Å². The van der Waals surface area contributed by atoms with Gasteiger partial charge in [-0.05, 0) is 63.3 Å². The first-order valence-electron chi connectivity index (χ1n) is 7.81. The summed E-state index contributed by atoms with van der Waals surface area (Å²) in [5, 5.41) is 10.0. The van der Waals surface area contributed by atoms with Crippen molar-refractivity contribution in [3.05, 3.63) is 29.3 Å². The monoisotopic (exact) mass is 289 g/mol. The van der Waals surface area contributed by atoms with Gasteiger partial charge in [-0.2, -0.15) is 0 Å². The molecule has 3 heteroatoms. The zero-order valence-corrected chi connectivity index (χ0v) is 13.6. The summed E-state index contributed by atoms with van der Waals surface area (Å²) in [6.07, 6.45) is 4.91. The van der Waals surface area contributed by atoms with Crippen LogP contribution >= 0.6 is 0 Å². The Morgan fingerprint density at radius 3 is 2.52 bits per heavy atom. The lowest BCUT2D eigenvalue weighted by atomic mass is 9.75. The lowest BCUT2D eigenvalue weighted by molar-refractivity contribution is 0.101. The van der Waals surface area contributed by atoms with E-state index in [9.17, 15) is 9.90 Å². The summed E-state index contributed by atoms with van der Waals surface area (Å²) in [4.78, 5) is 13.8. The Morgan fingerprint density at radius 1 is 1.33 bits per heavy atom. The summed E-state index contributed by atoms with van der Waals surface area (Å²) >= 11 is 0. The van der Waals surface area contributed by atoms with Crippen molar-refractivity contribution in [1.29, 1.82) is 0 Å². The van der Waals surface area contributed by atoms with E-state index < -0.39 is 0 Å². The maximum atomic E-state index is 11.5. The van der Waals surface area contributed by atoms with Gasteiger partial charge in [0.2, 0.25) is 0 Å². The van der Waals surface area contributed by atoms with Crippen LogP contribution in [-0.2, 0) is 6.54 Å². The molecule has 1 aliphatic carbocycles. The number of benzene rings is 1. The van der Waals surface area contributed by atoms with E-state index in [2.05, 4.69) is 25.8 Å². The van der Waals surface area contributed by atoms with Crippen molar-refractivity contribution in [2.45, 2.75) is 59.0 Å². The van der Waals surface area contributed by atoms with E-state index in [0.717, 1.165) is 5.56 Å². The summed E-state index contributed by atoms with van der Waals surface area (Å²) in [5.74, 6) is 0.321. The summed E-state index contributed by atoms with van der Waals surface area (Å²) in [6, 6.07) is 5.70. The molecule has 21 heavy (non-hydrogen) atoms. The number of rotatable bonds is 4. The van der Waals surface area contributed by atoms with Crippen LogP contribution in [0.5, 0.6) is 5.75 Å². The Morgan fingerprint density at radius 2 is 1.95 bits per heavy atom. The fourth-order valence-electron chi connectivity index (χ4n) is 3.15. The number of ketones is 1. The Kier molecular flexibility index (Phi) is 4.72. The first-order chi connectivity index (χ1) is 9.78. The van der Waals surface area contributed by atoms with Crippen molar-refractivity contribution in [2.75, 3.05) is 7.05 Å². The number of carbonyl (C=O) groups is 1. The summed E-state index contributed by atoms with van der Waals surface area (Å²) in [7, 11) is 2.11. The quantitative estimate of drug-likeness (QED) is 0.852. The number of phenols is 1. The maximum Gasteiger partial charge on any atom is 0.159 e. The Bertz CT molecular complexity index is 512. The second-order valence-corrected chi connectivity index (χ2v) is 7.21. The van der Waals surface area contributed by atoms with E-state index in [1.54, 1.807) is 19.1 Å². The summed E-state index contributed by atoms with van der Waals surface area (Å²) in [6.45, 7) is 6.93. The van der Waals surface area contributed by atoms with Crippen molar-refractivity contribution < 1.29 is 9.90 Å². The van der Waals surface area contributed by atoms with Crippen molar-refractivity contribution in [2.24, 2.45) is 5.41 Å². The molecule has 0 amide bonds. The van der Waals surface area contributed by atoms with Crippen LogP contribution in [0, 0.1) is 5.41 Å². The Balaban J connectivity index is 2.04. The molecule has 0 heterocycles. The molecule has 0 unspecified atom stereocenters. The van der Waals surface area contributed by atoms with Crippen LogP contribution in [-0.4, -0.2) is 28.9 Å². The lowest BCUT2D eigenvalue weighted by Gasteiger charge is -2.38. The second kappa shape index (κ2) is 6.18. The number of phenolic OH excluding ortho intramolecular Hbond substituents is 1. The third kappa shape index (κ3) is 4.07. The molecule has 1 aromatic carbocycles. The molecule has 2 rings (SSSR count). The van der Waals surface area contributed by atoms with Crippen LogP contribution in [0.15, 0.2) is 18.2 Å². The summed E-state index contributed by atoms with van der Waals surface area (Å²) in [5.41, 5.74) is 1.98. The molecule has 0 aliphatic heterocycles. The highest BCUT2D eigenvalue weighted by Gasteiger charge is 2.28. The Hall–Kier alpha value is -1.35. The van der Waals surface area contributed by atoms with Gasteiger partial charge in [-0.1, -0.05) is 13.8 Å². The number of hydrogen-bond acceptors (Lipinski definition) is 3. The third-order valence-corrected chi connectivity index (χ3v) is 4.84. The fraction of sp³-hybridized carbons (Fsp3) is 0.611. The highest BCUT2D eigenvalue weighted by atomic mass is 16.3. The molecule has 0 aromatic heterocycles. The molecule has 0 radical (unpaired) electrons. The van der Waals surface area contributed by atoms with Crippen LogP contribution in [0.2, 0.25) is 0 Å². The largest absolute Gasteiger partial charge is 0.508 e. The zero-order chi connectivity index (χ0) is 15.6. The topological polar surface area (TPSA) is 40.5 Å². The van der Waals surface area contributed by atoms with Crippen LogP contribution in [0.1, 0.15) is 62.4 Å². The molecule has 116 valence electrons. The third-order valence-electron chi connectivity index (χ3n) is 4.84. The average Bonchev–Trinajstić information content (AvgIpc) is 2.40. The average molecular weight is 289 g/mol. The maximum absolute atomic E-state index is 11.5. The molecule has 0 bridgehead atoms. The molecule has 1 fully saturated rings. The van der Waals surface area contributed by atoms with Gasteiger partial charge >= 0.3 is 0 Å². The normalized spacial score (nSPS) is 18.9. The molecule has 3 nitrogen and oxygen atoms in total. The van der Waals surface area contributed by atoms with Crippen molar-refractivity contribution >= 4 is 5.78 Å². The molecule has 0 saturated heterocycles. The molecule has 1 N–H and O–H groups in total. The van der Waals surface area contributed by atoms with Gasteiger partial charge in [0.15, 0.2) is 5.78 Å². The van der Waals surface area contributed by atoms with Gasteiger partial charge in [-0.3, -0.25) is 9.69 Å². The SMILES string of the molecule is CC(=O)c1ccc(O)c(CN(C)C2CCC(C)(C)CC2)c1. The highest BCUT2D eigenvalue weighted by molar-refractivity contribution is 5.94. The van der Waals surface area contributed by atoms with E-state index in [4.69, 9.17) is 0 Å². The van der Waals surface area contributed by atoms with Crippen LogP contribution in [0.25, 0.3) is 0 Å². The van der Waals surface area contributed by atoms with Crippen LogP contribution < -0.4 is 0 Å². The lowest BCUT2D eigenvalue weighted by Crippen LogP contribution is -2.36. The smallest absolute Gasteiger partial charge is 0.159 e. The molecule has 0 spiro atoms. The molecule has 1 saturated carbocycles. The Labute approximate surface area is 128 Å². The minimum absolute atomic E-state index is 0.0401. The van der Waals surface area contributed by atoms with Gasteiger partial charge in [0.05, 0.1) is 0 Å². The highest BCUT2D eigenvalue weighted by Crippen LogP contribution is 2.37. The van der Waals surface area contributed by atoms with E-state index in [1.165, 1.54) is 25.7 Å². The number of aromatic hydroxyl groups is 1. The molecular formula is C18H27NO2. The second-order valence-electron chi connectivity index (χ2n) is 7.21. The minimum Gasteiger partial charge on any atom is -0.508 e. The van der Waals surface area contributed by atoms with Gasteiger partial charge in [-0.15, -0.1) is 0 Å². The van der Waals surface area contributed by atoms with Gasteiger partial charge in [-0.25, -0.2) is 0 Å². The molecule has 1 aliphatic rings. The summed E-state index contributed by atoms with van der Waals surface area (Å²) < 4.78 is 0. The van der Waals surface area contributed by atoms with Crippen molar-refractivity contribution in [3.8, 4) is 5.75 Å². The van der Waals surface area contributed by atoms with E-state index >= 15 is 0 Å². The van der Waals surface area contributed by atoms with Gasteiger partial charge in [0.1, 0.15) is 5.75 Å². The van der Waals surface area contributed by atoms with Crippen molar-refractivity contribution in [1.82, 2.24) is 4.90 Å². The minimum atomic E-state index is 0.0401. The number of Topliss-reactive ketones (excluding diaryl/α,β-unsaturated/α-hetero) is 1. The molecule has 1 aromatic rings. The fourth-order valence-corrected chi connectivity index (χ4v) is 3.15. The predicted molar refractivity (Wildman–Crippen MR) is 85.6 cm³/mol. The molecule has 0 atom stereocenters. The molecular weight excluding hydrogens is 262 g/mol. The first kappa shape index (κ1) is 16.0. The predicted octanol–water partition coefficient (Wildman–Crippen LogP) is 4.00. The van der Waals surface area contributed by atoms with E-state index in [0.29, 0.717) is 23.6 Å². The number of nitrogens with zero attached hydrogens (tertiary/aromatic N) is 1. The van der Waals surface area contributed by atoms with Gasteiger partial charge in [0, 0.05) is 23.7 Å². The standard InChI is InChI=1S/C18H27NO2/c1-13(20)14-5-6-17(21)15(11-14)12-19(4)16-7-9-18(2,3)10-8-16/h5-6,11,16,21H,7-10,12H2,1-4H3. The first-order valence-corrected chi connectivity index (χ1v) is 7.81. The number of hydrogen-bond donors (Lipinski definition) is 1. The zero-order valence-electron chi connectivity index (χ0n) is 13.6. The van der Waals surface area contributed by atoms with E-state index in [-0.39, 0.29) is 11.5 Å². The van der Waals surface area contributed by atoms with Crippen molar-refractivity contribution in [3.63, 3.8) is 0 Å². The number of carbonyl (C=O) groups excluding carboxylic acids is 1. The van der Waals surface area contributed by atoms with Gasteiger partial charge < -0.3 is 5.11 Å².